The van der Waals surface area contributed by atoms with Crippen molar-refractivity contribution >= 4 is 22.9 Å². The van der Waals surface area contributed by atoms with E-state index in [0.29, 0.717) is 11.8 Å². The Labute approximate surface area is 154 Å². The van der Waals surface area contributed by atoms with Crippen LogP contribution in [-0.2, 0) is 0 Å². The summed E-state index contributed by atoms with van der Waals surface area (Å²) < 4.78 is 0. The third-order valence-electron chi connectivity index (χ3n) is 5.66. The van der Waals surface area contributed by atoms with Crippen molar-refractivity contribution in [3.63, 3.8) is 0 Å². The molecule has 3 heteroatoms. The largest absolute Gasteiger partial charge is 0.316 e. The van der Waals surface area contributed by atoms with Crippen molar-refractivity contribution in [2.24, 2.45) is 5.92 Å². The molecule has 0 bridgehead atoms. The molecule has 0 N–H and O–H groups in total. The first-order valence-electron chi connectivity index (χ1n) is 9.11. The van der Waals surface area contributed by atoms with E-state index in [0.717, 1.165) is 5.82 Å². The summed E-state index contributed by atoms with van der Waals surface area (Å²) in [5.74, 6) is 1.71. The van der Waals surface area contributed by atoms with Gasteiger partial charge in [-0.3, -0.25) is 0 Å². The first-order chi connectivity index (χ1) is 12.8. The number of benzene rings is 2. The lowest BCUT2D eigenvalue weighted by atomic mass is 9.80. The van der Waals surface area contributed by atoms with Gasteiger partial charge in [-0.05, 0) is 35.9 Å². The van der Waals surface area contributed by atoms with Gasteiger partial charge in [-0.2, -0.15) is 0 Å². The SMILES string of the molecule is C=CC1c2ccccc2N2c3cccnc3N(c3ccccc3)C2C1C. The quantitative estimate of drug-likeness (QED) is 0.565. The lowest BCUT2D eigenvalue weighted by Gasteiger charge is -2.44. The first kappa shape index (κ1) is 15.2. The Hall–Kier alpha value is -3.07. The molecule has 0 saturated carbocycles. The Morgan fingerprint density at radius 2 is 1.62 bits per heavy atom. The van der Waals surface area contributed by atoms with Crippen LogP contribution < -0.4 is 9.80 Å². The molecule has 0 amide bonds. The molecule has 2 aliphatic heterocycles. The predicted octanol–water partition coefficient (Wildman–Crippen LogP) is 5.62. The molecule has 0 spiro atoms. The molecule has 3 aromatic rings. The van der Waals surface area contributed by atoms with Crippen molar-refractivity contribution in [3.05, 3.63) is 91.1 Å². The van der Waals surface area contributed by atoms with E-state index in [-0.39, 0.29) is 6.17 Å². The van der Waals surface area contributed by atoms with Crippen LogP contribution in [0.4, 0.5) is 22.9 Å². The molecular weight excluding hydrogens is 318 g/mol. The average molecular weight is 339 g/mol. The highest BCUT2D eigenvalue weighted by Gasteiger charge is 2.47. The summed E-state index contributed by atoms with van der Waals surface area (Å²) in [6, 6.07) is 23.5. The second kappa shape index (κ2) is 5.73. The number of anilines is 4. The highest BCUT2D eigenvalue weighted by atomic mass is 15.5. The van der Waals surface area contributed by atoms with E-state index in [2.05, 4.69) is 90.0 Å². The van der Waals surface area contributed by atoms with E-state index in [9.17, 15) is 0 Å². The minimum absolute atomic E-state index is 0.181. The number of hydrogen-bond acceptors (Lipinski definition) is 3. The average Bonchev–Trinajstić information content (AvgIpc) is 3.05. The maximum absolute atomic E-state index is 4.76. The van der Waals surface area contributed by atoms with Gasteiger partial charge in [0, 0.05) is 29.4 Å². The molecular formula is C23H21N3. The third kappa shape index (κ3) is 1.97. The lowest BCUT2D eigenvalue weighted by molar-refractivity contribution is 0.409. The zero-order chi connectivity index (χ0) is 17.7. The van der Waals surface area contributed by atoms with Gasteiger partial charge in [0.15, 0.2) is 5.82 Å². The molecule has 0 fully saturated rings. The highest BCUT2D eigenvalue weighted by molar-refractivity contribution is 5.88. The predicted molar refractivity (Wildman–Crippen MR) is 107 cm³/mol. The fourth-order valence-corrected chi connectivity index (χ4v) is 4.55. The van der Waals surface area contributed by atoms with Crippen LogP contribution in [0.25, 0.3) is 0 Å². The van der Waals surface area contributed by atoms with E-state index in [4.69, 9.17) is 4.98 Å². The summed E-state index contributed by atoms with van der Waals surface area (Å²) >= 11 is 0. The molecule has 2 aromatic carbocycles. The van der Waals surface area contributed by atoms with Crippen molar-refractivity contribution < 1.29 is 0 Å². The van der Waals surface area contributed by atoms with E-state index >= 15 is 0 Å². The summed E-state index contributed by atoms with van der Waals surface area (Å²) in [4.78, 5) is 9.59. The Bertz CT molecular complexity index is 966. The number of allylic oxidation sites excluding steroid dienone is 1. The maximum Gasteiger partial charge on any atom is 0.158 e. The molecule has 0 radical (unpaired) electrons. The fraction of sp³-hybridized carbons (Fsp3) is 0.174. The normalized spacial score (nSPS) is 23.2. The van der Waals surface area contributed by atoms with Crippen LogP contribution in [0.3, 0.4) is 0 Å². The zero-order valence-electron chi connectivity index (χ0n) is 14.8. The summed E-state index contributed by atoms with van der Waals surface area (Å²) in [7, 11) is 0. The van der Waals surface area contributed by atoms with E-state index in [1.54, 1.807) is 0 Å². The summed E-state index contributed by atoms with van der Waals surface area (Å²) in [5, 5.41) is 0. The number of nitrogens with zero attached hydrogens (tertiary/aromatic N) is 3. The number of pyridine rings is 1. The Morgan fingerprint density at radius 3 is 2.42 bits per heavy atom. The van der Waals surface area contributed by atoms with Crippen molar-refractivity contribution in [3.8, 4) is 0 Å². The van der Waals surface area contributed by atoms with E-state index in [1.807, 2.05) is 12.3 Å². The molecule has 128 valence electrons. The Balaban J connectivity index is 1.78. The standard InChI is InChI=1S/C23H21N3/c1-3-18-16(2)23-25(17-10-5-4-6-11-17)22-21(14-9-15-24-22)26(23)20-13-8-7-12-19(18)20/h3-16,18,23H,1H2,2H3. The van der Waals surface area contributed by atoms with Gasteiger partial charge in [0.1, 0.15) is 6.17 Å². The molecule has 5 rings (SSSR count). The van der Waals surface area contributed by atoms with Gasteiger partial charge < -0.3 is 9.80 Å². The van der Waals surface area contributed by atoms with Crippen LogP contribution >= 0.6 is 0 Å². The highest BCUT2D eigenvalue weighted by Crippen LogP contribution is 2.55. The summed E-state index contributed by atoms with van der Waals surface area (Å²) in [5.41, 5.74) is 4.95. The van der Waals surface area contributed by atoms with Gasteiger partial charge in [0.25, 0.3) is 0 Å². The summed E-state index contributed by atoms with van der Waals surface area (Å²) in [6.07, 6.45) is 4.16. The van der Waals surface area contributed by atoms with Crippen molar-refractivity contribution in [1.29, 1.82) is 0 Å². The molecule has 3 heterocycles. The van der Waals surface area contributed by atoms with Crippen molar-refractivity contribution in [1.82, 2.24) is 4.98 Å². The number of aromatic nitrogens is 1. The van der Waals surface area contributed by atoms with Crippen molar-refractivity contribution in [2.75, 3.05) is 9.80 Å². The van der Waals surface area contributed by atoms with Gasteiger partial charge in [-0.1, -0.05) is 49.4 Å². The molecule has 3 nitrogen and oxygen atoms in total. The molecule has 2 aliphatic rings. The second-order valence-electron chi connectivity index (χ2n) is 7.01. The maximum atomic E-state index is 4.76. The third-order valence-corrected chi connectivity index (χ3v) is 5.66. The molecule has 0 aliphatic carbocycles. The number of hydrogen-bond donors (Lipinski definition) is 0. The monoisotopic (exact) mass is 339 g/mol. The van der Waals surface area contributed by atoms with Crippen LogP contribution in [0.5, 0.6) is 0 Å². The van der Waals surface area contributed by atoms with Crippen LogP contribution in [0, 0.1) is 5.92 Å². The number of para-hydroxylation sites is 2. The van der Waals surface area contributed by atoms with Crippen LogP contribution in [-0.4, -0.2) is 11.1 Å². The second-order valence-corrected chi connectivity index (χ2v) is 7.01. The van der Waals surface area contributed by atoms with Crippen molar-refractivity contribution in [2.45, 2.75) is 19.0 Å². The Morgan fingerprint density at radius 1 is 0.885 bits per heavy atom. The lowest BCUT2D eigenvalue weighted by Crippen LogP contribution is -2.48. The Kier molecular flexibility index (Phi) is 3.35. The molecule has 0 saturated heterocycles. The van der Waals surface area contributed by atoms with Crippen LogP contribution in [0.1, 0.15) is 18.4 Å². The zero-order valence-corrected chi connectivity index (χ0v) is 14.8. The molecule has 26 heavy (non-hydrogen) atoms. The number of rotatable bonds is 2. The van der Waals surface area contributed by atoms with Gasteiger partial charge >= 0.3 is 0 Å². The van der Waals surface area contributed by atoms with Gasteiger partial charge in [-0.25, -0.2) is 4.98 Å². The van der Waals surface area contributed by atoms with Gasteiger partial charge in [0.2, 0.25) is 0 Å². The smallest absolute Gasteiger partial charge is 0.158 e. The molecule has 3 atom stereocenters. The number of fused-ring (bicyclic) bond motifs is 5. The molecule has 3 unspecified atom stereocenters. The van der Waals surface area contributed by atoms with Crippen LogP contribution in [0.15, 0.2) is 85.6 Å². The van der Waals surface area contributed by atoms with Crippen LogP contribution in [0.2, 0.25) is 0 Å². The molecule has 1 aromatic heterocycles. The topological polar surface area (TPSA) is 19.4 Å². The summed E-state index contributed by atoms with van der Waals surface area (Å²) in [6.45, 7) is 6.46. The fourth-order valence-electron chi connectivity index (χ4n) is 4.55. The van der Waals surface area contributed by atoms with Gasteiger partial charge in [-0.15, -0.1) is 6.58 Å². The van der Waals surface area contributed by atoms with Gasteiger partial charge in [0.05, 0.1) is 5.69 Å². The minimum atomic E-state index is 0.181. The van der Waals surface area contributed by atoms with E-state index in [1.165, 1.54) is 22.6 Å². The minimum Gasteiger partial charge on any atom is -0.316 e. The first-order valence-corrected chi connectivity index (χ1v) is 9.11. The van der Waals surface area contributed by atoms with E-state index < -0.39 is 0 Å².